The minimum absolute atomic E-state index is 0.0325. The van der Waals surface area contributed by atoms with Crippen molar-refractivity contribution in [3.63, 3.8) is 0 Å². The number of anilines is 2. The number of ketones is 1. The highest BCUT2D eigenvalue weighted by molar-refractivity contribution is 5.89. The van der Waals surface area contributed by atoms with Crippen LogP contribution in [0.25, 0.3) is 22.1 Å². The standard InChI is InChI=1S/C59H70F2N10O7/c1-33(2)50(66-57(75)77-6)55(73)69-25-11-15-48(69)53-62-42-19-17-36(29-44(42)64-53)46-21-22-47(37-18-20-43-45(30-37)65-54(63-43)49-16-12-26-70(49)56(74)51(34(3)4)67-58(76)78-7)71(46)39-31-40(60)52(41(61)32-39)68-27-23-59(24-28-68,35(5)72)38-13-9-8-10-14-38/h8-10,13-14,17-20,29-34,46-51H,11-12,15-16,21-28H2,1-7H3,(H,62,64)(H,63,65)(H,66,75)(H,67,76)/t46-,47-,48+,49?,50+,51+/m1/s1. The van der Waals surface area contributed by atoms with E-state index in [1.165, 1.54) is 26.4 Å². The number of amides is 4. The number of fused-ring (bicyclic) bond motifs is 2. The molecule has 0 saturated carbocycles. The molecule has 19 heteroatoms. The van der Waals surface area contributed by atoms with E-state index in [4.69, 9.17) is 19.4 Å². The van der Waals surface area contributed by atoms with E-state index in [0.717, 1.165) is 40.6 Å². The van der Waals surface area contributed by atoms with Crippen molar-refractivity contribution in [3.05, 3.63) is 119 Å². The van der Waals surface area contributed by atoms with Crippen LogP contribution in [0, 0.1) is 23.5 Å². The van der Waals surface area contributed by atoms with Gasteiger partial charge in [0.1, 0.15) is 35.2 Å². The summed E-state index contributed by atoms with van der Waals surface area (Å²) in [5.41, 5.74) is 5.10. The largest absolute Gasteiger partial charge is 0.453 e. The van der Waals surface area contributed by atoms with Gasteiger partial charge in [-0.25, -0.2) is 28.3 Å². The van der Waals surface area contributed by atoms with Gasteiger partial charge in [-0.05, 0) is 123 Å². The number of carbonyl (C=O) groups is 5. The van der Waals surface area contributed by atoms with E-state index in [1.54, 1.807) is 21.6 Å². The summed E-state index contributed by atoms with van der Waals surface area (Å²) in [4.78, 5) is 90.2. The average Bonchev–Trinajstić information content (AvgIpc) is 4.44. The molecule has 0 spiro atoms. The van der Waals surface area contributed by atoms with Crippen molar-refractivity contribution in [1.82, 2.24) is 40.4 Å². The second kappa shape index (κ2) is 22.0. The minimum Gasteiger partial charge on any atom is -0.453 e. The van der Waals surface area contributed by atoms with Gasteiger partial charge in [0, 0.05) is 31.9 Å². The van der Waals surface area contributed by atoms with E-state index < -0.39 is 41.3 Å². The molecule has 4 amide bonds. The lowest BCUT2D eigenvalue weighted by Gasteiger charge is -2.42. The molecular formula is C59H70F2N10O7. The van der Waals surface area contributed by atoms with Crippen LogP contribution in [0.1, 0.15) is 138 Å². The fourth-order valence-corrected chi connectivity index (χ4v) is 12.7. The summed E-state index contributed by atoms with van der Waals surface area (Å²) < 4.78 is 43.7. The molecule has 1 unspecified atom stereocenters. The van der Waals surface area contributed by atoms with E-state index in [1.807, 2.05) is 94.4 Å². The van der Waals surface area contributed by atoms with Gasteiger partial charge < -0.3 is 49.7 Å². The maximum atomic E-state index is 17.0. The van der Waals surface area contributed by atoms with Crippen LogP contribution in [0.2, 0.25) is 0 Å². The smallest absolute Gasteiger partial charge is 0.407 e. The Labute approximate surface area is 452 Å². The number of hydrogen-bond acceptors (Lipinski definition) is 11. The number of benzene rings is 4. The van der Waals surface area contributed by atoms with Crippen molar-refractivity contribution in [3.8, 4) is 0 Å². The lowest BCUT2D eigenvalue weighted by molar-refractivity contribution is -0.136. The molecule has 4 aromatic carbocycles. The molecule has 6 heterocycles. The van der Waals surface area contributed by atoms with Crippen molar-refractivity contribution in [2.24, 2.45) is 11.8 Å². The van der Waals surface area contributed by atoms with Gasteiger partial charge in [0.15, 0.2) is 11.6 Å². The van der Waals surface area contributed by atoms with Gasteiger partial charge in [-0.2, -0.15) is 0 Å². The SMILES string of the molecule is COC(=O)N[C@H](C(=O)N1CCCC1c1nc2cc([C@H]3CC[C@H](c4ccc5[nH]c([C@@H]6CCCN6C(=O)[C@@H](NC(=O)OC)C(C)C)nc5c4)N3c3cc(F)c(N4CCC(C(C)=O)(c5ccccc5)CC4)c(F)c3)ccc2[nH]1)C(C)C. The normalized spacial score (nSPS) is 21.2. The quantitative estimate of drug-likeness (QED) is 0.0810. The lowest BCUT2D eigenvalue weighted by Crippen LogP contribution is -2.51. The number of ether oxygens (including phenoxy) is 2. The number of methoxy groups -OCH3 is 2. The first-order valence-corrected chi connectivity index (χ1v) is 27.4. The number of rotatable bonds is 14. The molecule has 17 nitrogen and oxygen atoms in total. The molecule has 0 bridgehead atoms. The van der Waals surface area contributed by atoms with Crippen molar-refractivity contribution in [2.75, 3.05) is 50.2 Å². The monoisotopic (exact) mass is 1070 g/mol. The molecule has 0 radical (unpaired) electrons. The molecule has 4 saturated heterocycles. The Morgan fingerprint density at radius 3 is 1.51 bits per heavy atom. The summed E-state index contributed by atoms with van der Waals surface area (Å²) in [6.07, 6.45) is 3.62. The number of aromatic amines is 2. The third kappa shape index (κ3) is 10.1. The second-order valence-corrected chi connectivity index (χ2v) is 22.2. The lowest BCUT2D eigenvalue weighted by atomic mass is 9.70. The van der Waals surface area contributed by atoms with Crippen LogP contribution < -0.4 is 20.4 Å². The topological polar surface area (TPSA) is 198 Å². The minimum atomic E-state index is -0.783. The number of nitrogens with zero attached hydrogens (tertiary/aromatic N) is 6. The Hall–Kier alpha value is -7.57. The average molecular weight is 1070 g/mol. The summed E-state index contributed by atoms with van der Waals surface area (Å²) in [6, 6.07) is 21.5. The third-order valence-corrected chi connectivity index (χ3v) is 16.9. The van der Waals surface area contributed by atoms with Crippen molar-refractivity contribution < 1.29 is 42.2 Å². The maximum Gasteiger partial charge on any atom is 0.407 e. The number of Topliss-reactive ketones (excluding diaryl/α,β-unsaturated/α-hetero) is 1. The first-order valence-electron chi connectivity index (χ1n) is 27.4. The van der Waals surface area contributed by atoms with Gasteiger partial charge in [-0.3, -0.25) is 14.4 Å². The van der Waals surface area contributed by atoms with Crippen LogP contribution in [0.3, 0.4) is 0 Å². The predicted molar refractivity (Wildman–Crippen MR) is 292 cm³/mol. The molecule has 412 valence electrons. The third-order valence-electron chi connectivity index (χ3n) is 16.9. The van der Waals surface area contributed by atoms with Crippen LogP contribution in [0.5, 0.6) is 0 Å². The van der Waals surface area contributed by atoms with Crippen LogP contribution in [0.15, 0.2) is 78.9 Å². The highest BCUT2D eigenvalue weighted by atomic mass is 19.1. The number of aromatic nitrogens is 4. The zero-order valence-electron chi connectivity index (χ0n) is 45.4. The number of alkyl carbamates (subject to hydrolysis) is 2. The van der Waals surface area contributed by atoms with Crippen LogP contribution >= 0.6 is 0 Å². The summed E-state index contributed by atoms with van der Waals surface area (Å²) in [5.74, 6) is -0.896. The number of halogens is 2. The van der Waals surface area contributed by atoms with E-state index in [-0.39, 0.29) is 59.3 Å². The zero-order chi connectivity index (χ0) is 55.2. The molecule has 6 atom stereocenters. The Morgan fingerprint density at radius 2 is 1.09 bits per heavy atom. The maximum absolute atomic E-state index is 17.0. The number of likely N-dealkylation sites (tertiary alicyclic amines) is 2. The fourth-order valence-electron chi connectivity index (χ4n) is 12.7. The van der Waals surface area contributed by atoms with Crippen LogP contribution in [-0.2, 0) is 29.3 Å². The molecular weight excluding hydrogens is 999 g/mol. The number of nitrogens with one attached hydrogen (secondary N) is 4. The molecule has 4 aliphatic heterocycles. The molecule has 0 aliphatic carbocycles. The van der Waals surface area contributed by atoms with E-state index in [9.17, 15) is 24.0 Å². The predicted octanol–water partition coefficient (Wildman–Crippen LogP) is 10.0. The summed E-state index contributed by atoms with van der Waals surface area (Å²) >= 11 is 0. The zero-order valence-corrected chi connectivity index (χ0v) is 45.4. The second-order valence-electron chi connectivity index (χ2n) is 22.2. The van der Waals surface area contributed by atoms with Crippen molar-refractivity contribution in [1.29, 1.82) is 0 Å². The first-order chi connectivity index (χ1) is 37.5. The molecule has 4 aliphatic rings. The number of H-pyrrole nitrogens is 2. The van der Waals surface area contributed by atoms with Gasteiger partial charge in [-0.15, -0.1) is 0 Å². The van der Waals surface area contributed by atoms with Gasteiger partial charge in [0.25, 0.3) is 0 Å². The van der Waals surface area contributed by atoms with Gasteiger partial charge in [-0.1, -0.05) is 70.2 Å². The van der Waals surface area contributed by atoms with Crippen LogP contribution in [0.4, 0.5) is 29.7 Å². The molecule has 2 aromatic heterocycles. The molecule has 6 aromatic rings. The highest BCUT2D eigenvalue weighted by Crippen LogP contribution is 2.49. The van der Waals surface area contributed by atoms with Gasteiger partial charge in [0.2, 0.25) is 11.8 Å². The van der Waals surface area contributed by atoms with E-state index in [0.29, 0.717) is 93.1 Å². The van der Waals surface area contributed by atoms with E-state index >= 15 is 8.78 Å². The molecule has 10 rings (SSSR count). The fraction of sp³-hybridized carbons (Fsp3) is 0.475. The van der Waals surface area contributed by atoms with Gasteiger partial charge >= 0.3 is 12.2 Å². The summed E-state index contributed by atoms with van der Waals surface area (Å²) in [6.45, 7) is 10.7. The summed E-state index contributed by atoms with van der Waals surface area (Å²) in [7, 11) is 2.54. The van der Waals surface area contributed by atoms with Crippen LogP contribution in [-0.4, -0.2) is 112 Å². The Balaban J connectivity index is 0.976. The molecule has 4 N–H and O–H groups in total. The first kappa shape index (κ1) is 53.8. The van der Waals surface area contributed by atoms with Gasteiger partial charge in [0.05, 0.1) is 65.9 Å². The molecule has 78 heavy (non-hydrogen) atoms. The number of hydrogen-bond donors (Lipinski definition) is 4. The summed E-state index contributed by atoms with van der Waals surface area (Å²) in [5, 5.41) is 5.42. The Bertz CT molecular complexity index is 3060. The Morgan fingerprint density at radius 1 is 0.628 bits per heavy atom. The number of piperidine rings is 1. The highest BCUT2D eigenvalue weighted by Gasteiger charge is 2.44. The van der Waals surface area contributed by atoms with E-state index in [2.05, 4.69) is 25.5 Å². The molecule has 4 fully saturated rings. The number of carbonyl (C=O) groups excluding carboxylic acids is 5. The van der Waals surface area contributed by atoms with Crippen molar-refractivity contribution in [2.45, 2.75) is 128 Å². The Kier molecular flexibility index (Phi) is 15.2. The number of imidazole rings is 2. The van der Waals surface area contributed by atoms with Crippen molar-refractivity contribution >= 4 is 63.2 Å².